The topological polar surface area (TPSA) is 15.3 Å². The van der Waals surface area contributed by atoms with E-state index in [1.165, 1.54) is 12.1 Å². The van der Waals surface area contributed by atoms with Gasteiger partial charge in [-0.1, -0.05) is 28.4 Å². The van der Waals surface area contributed by atoms with Crippen molar-refractivity contribution in [3.05, 3.63) is 28.2 Å². The lowest BCUT2D eigenvalue weighted by atomic mass is 10.1. The van der Waals surface area contributed by atoms with Crippen LogP contribution < -0.4 is 5.43 Å². The SMILES string of the molecule is FC(F)(F)c1c(Br)cccc1NN1CCCCC1. The molecule has 1 saturated heterocycles. The molecule has 0 radical (unpaired) electrons. The minimum atomic E-state index is -4.36. The quantitative estimate of drug-likeness (QED) is 0.874. The number of hydrogen-bond donors (Lipinski definition) is 1. The Bertz CT molecular complexity index is 414. The van der Waals surface area contributed by atoms with E-state index < -0.39 is 11.7 Å². The van der Waals surface area contributed by atoms with Gasteiger partial charge in [-0.3, -0.25) is 0 Å². The molecule has 1 aromatic rings. The summed E-state index contributed by atoms with van der Waals surface area (Å²) in [5.74, 6) is 0. The summed E-state index contributed by atoms with van der Waals surface area (Å²) in [6.45, 7) is 1.56. The maximum Gasteiger partial charge on any atom is 0.419 e. The van der Waals surface area contributed by atoms with Crippen LogP contribution in [0.4, 0.5) is 18.9 Å². The van der Waals surface area contributed by atoms with E-state index in [1.54, 1.807) is 6.07 Å². The molecule has 0 atom stereocenters. The zero-order valence-electron chi connectivity index (χ0n) is 9.73. The number of rotatable bonds is 2. The number of halogens is 4. The molecular formula is C12H14BrF3N2. The Hall–Kier alpha value is -0.750. The highest BCUT2D eigenvalue weighted by Crippen LogP contribution is 2.40. The molecule has 0 aliphatic carbocycles. The molecule has 0 saturated carbocycles. The molecule has 0 aromatic heterocycles. The molecule has 1 aliphatic rings. The second-order valence-electron chi connectivity index (χ2n) is 4.32. The van der Waals surface area contributed by atoms with Crippen molar-refractivity contribution >= 4 is 21.6 Å². The Morgan fingerprint density at radius 1 is 1.11 bits per heavy atom. The third kappa shape index (κ3) is 3.17. The summed E-state index contributed by atoms with van der Waals surface area (Å²) in [5.41, 5.74) is 2.35. The molecule has 1 aliphatic heterocycles. The fraction of sp³-hybridized carbons (Fsp3) is 0.500. The zero-order valence-corrected chi connectivity index (χ0v) is 11.3. The van der Waals surface area contributed by atoms with Crippen molar-refractivity contribution in [1.29, 1.82) is 0 Å². The second-order valence-corrected chi connectivity index (χ2v) is 5.17. The van der Waals surface area contributed by atoms with Gasteiger partial charge in [0.15, 0.2) is 0 Å². The van der Waals surface area contributed by atoms with Crippen molar-refractivity contribution in [3.8, 4) is 0 Å². The molecule has 100 valence electrons. The maximum absolute atomic E-state index is 13.0. The Morgan fingerprint density at radius 3 is 2.39 bits per heavy atom. The van der Waals surface area contributed by atoms with Gasteiger partial charge in [0.25, 0.3) is 0 Å². The highest BCUT2D eigenvalue weighted by molar-refractivity contribution is 9.10. The van der Waals surface area contributed by atoms with Gasteiger partial charge in [-0.25, -0.2) is 5.01 Å². The molecule has 0 spiro atoms. The highest BCUT2D eigenvalue weighted by Gasteiger charge is 2.36. The average molecular weight is 323 g/mol. The predicted molar refractivity (Wildman–Crippen MR) is 68.2 cm³/mol. The van der Waals surface area contributed by atoms with Crippen molar-refractivity contribution in [2.24, 2.45) is 0 Å². The molecule has 18 heavy (non-hydrogen) atoms. The summed E-state index contributed by atoms with van der Waals surface area (Å²) in [7, 11) is 0. The van der Waals surface area contributed by atoms with Crippen molar-refractivity contribution in [1.82, 2.24) is 5.01 Å². The van der Waals surface area contributed by atoms with E-state index in [0.29, 0.717) is 0 Å². The third-order valence-electron chi connectivity index (χ3n) is 2.93. The van der Waals surface area contributed by atoms with Gasteiger partial charge in [0.2, 0.25) is 0 Å². The standard InChI is InChI=1S/C12H14BrF3N2/c13-9-5-4-6-10(11(9)12(14,15)16)17-18-7-2-1-3-8-18/h4-6,17H,1-3,7-8H2. The van der Waals surface area contributed by atoms with Crippen LogP contribution in [0.1, 0.15) is 24.8 Å². The molecule has 1 N–H and O–H groups in total. The van der Waals surface area contributed by atoms with Crippen LogP contribution in [0.3, 0.4) is 0 Å². The van der Waals surface area contributed by atoms with E-state index in [2.05, 4.69) is 21.4 Å². The molecule has 6 heteroatoms. The van der Waals surface area contributed by atoms with Gasteiger partial charge >= 0.3 is 6.18 Å². The van der Waals surface area contributed by atoms with Crippen molar-refractivity contribution in [2.75, 3.05) is 18.5 Å². The summed E-state index contributed by atoms with van der Waals surface area (Å²) < 4.78 is 39.0. The third-order valence-corrected chi connectivity index (χ3v) is 3.59. The van der Waals surface area contributed by atoms with E-state index in [4.69, 9.17) is 0 Å². The van der Waals surface area contributed by atoms with Crippen LogP contribution in [0.5, 0.6) is 0 Å². The number of nitrogens with zero attached hydrogens (tertiary/aromatic N) is 1. The van der Waals surface area contributed by atoms with E-state index in [-0.39, 0.29) is 10.2 Å². The average Bonchev–Trinajstić information content (AvgIpc) is 2.28. The normalized spacial score (nSPS) is 17.8. The van der Waals surface area contributed by atoms with Crippen molar-refractivity contribution in [3.63, 3.8) is 0 Å². The molecule has 0 amide bonds. The van der Waals surface area contributed by atoms with Crippen LogP contribution in [0, 0.1) is 0 Å². The number of nitrogens with one attached hydrogen (secondary N) is 1. The van der Waals surface area contributed by atoms with Gasteiger partial charge in [0.1, 0.15) is 0 Å². The first kappa shape index (κ1) is 13.7. The van der Waals surface area contributed by atoms with Gasteiger partial charge in [-0.2, -0.15) is 13.2 Å². The molecule has 1 aromatic carbocycles. The first-order valence-corrected chi connectivity index (χ1v) is 6.65. The molecule has 2 nitrogen and oxygen atoms in total. The largest absolute Gasteiger partial charge is 0.419 e. The van der Waals surface area contributed by atoms with Crippen LogP contribution in [0.2, 0.25) is 0 Å². The lowest BCUT2D eigenvalue weighted by molar-refractivity contribution is -0.137. The molecule has 0 unspecified atom stereocenters. The highest BCUT2D eigenvalue weighted by atomic mass is 79.9. The lowest BCUT2D eigenvalue weighted by Crippen LogP contribution is -2.35. The van der Waals surface area contributed by atoms with Crippen LogP contribution in [-0.2, 0) is 6.18 Å². The van der Waals surface area contributed by atoms with Gasteiger partial charge < -0.3 is 5.43 Å². The predicted octanol–water partition coefficient (Wildman–Crippen LogP) is 4.28. The van der Waals surface area contributed by atoms with Crippen LogP contribution in [-0.4, -0.2) is 18.1 Å². The van der Waals surface area contributed by atoms with Gasteiger partial charge in [-0.15, -0.1) is 0 Å². The van der Waals surface area contributed by atoms with Crippen molar-refractivity contribution < 1.29 is 13.2 Å². The van der Waals surface area contributed by atoms with E-state index >= 15 is 0 Å². The van der Waals surface area contributed by atoms with Crippen LogP contribution in [0.15, 0.2) is 22.7 Å². The summed E-state index contributed by atoms with van der Waals surface area (Å²) in [6, 6.07) is 4.47. The van der Waals surface area contributed by atoms with Crippen molar-refractivity contribution in [2.45, 2.75) is 25.4 Å². The smallest absolute Gasteiger partial charge is 0.318 e. The van der Waals surface area contributed by atoms with Gasteiger partial charge in [0, 0.05) is 17.6 Å². The molecule has 1 fully saturated rings. The Kier molecular flexibility index (Phi) is 4.17. The Balaban J connectivity index is 2.24. The Labute approximate surface area is 112 Å². The number of benzene rings is 1. The summed E-state index contributed by atoms with van der Waals surface area (Å²) in [6.07, 6.45) is -1.19. The Morgan fingerprint density at radius 2 is 1.78 bits per heavy atom. The first-order chi connectivity index (χ1) is 8.48. The summed E-state index contributed by atoms with van der Waals surface area (Å²) >= 11 is 2.97. The van der Waals surface area contributed by atoms with E-state index in [0.717, 1.165) is 32.4 Å². The summed E-state index contributed by atoms with van der Waals surface area (Å²) in [4.78, 5) is 0. The lowest BCUT2D eigenvalue weighted by Gasteiger charge is -2.29. The molecule has 0 bridgehead atoms. The monoisotopic (exact) mass is 322 g/mol. The zero-order chi connectivity index (χ0) is 13.2. The summed E-state index contributed by atoms with van der Waals surface area (Å²) in [5, 5.41) is 1.85. The van der Waals surface area contributed by atoms with E-state index in [1.807, 2.05) is 5.01 Å². The van der Waals surface area contributed by atoms with Gasteiger partial charge in [-0.05, 0) is 25.0 Å². The number of piperidine rings is 1. The number of anilines is 1. The molecule has 1 heterocycles. The minimum Gasteiger partial charge on any atom is -0.318 e. The van der Waals surface area contributed by atoms with Crippen LogP contribution >= 0.6 is 15.9 Å². The second kappa shape index (κ2) is 5.48. The fourth-order valence-corrected chi connectivity index (χ4v) is 2.67. The fourth-order valence-electron chi connectivity index (χ4n) is 2.08. The van der Waals surface area contributed by atoms with Crippen LogP contribution in [0.25, 0.3) is 0 Å². The number of hydrogen-bond acceptors (Lipinski definition) is 2. The first-order valence-electron chi connectivity index (χ1n) is 5.86. The number of hydrazine groups is 1. The molecular weight excluding hydrogens is 309 g/mol. The van der Waals surface area contributed by atoms with E-state index in [9.17, 15) is 13.2 Å². The minimum absolute atomic E-state index is 0.0667. The maximum atomic E-state index is 13.0. The number of alkyl halides is 3. The van der Waals surface area contributed by atoms with Gasteiger partial charge in [0.05, 0.1) is 11.3 Å². The molecule has 2 rings (SSSR count).